The van der Waals surface area contributed by atoms with Crippen LogP contribution in [0.25, 0.3) is 0 Å². The second-order valence-corrected chi connectivity index (χ2v) is 9.37. The van der Waals surface area contributed by atoms with Crippen molar-refractivity contribution < 1.29 is 23.8 Å². The Hall–Kier alpha value is -2.71. The SMILES string of the molecule is O=C(N[C@@H](CCOC1CC(CCc2ccc3c(n2)NCCC3)C1)C(=O)O)c1cccc(Cl)c1F. The standard InChI is InChI=1S/C25H29ClFN3O4/c26-20-5-1-4-19(22(20)27)24(31)30-21(25(32)33)10-12-34-18-13-15(14-18)6-8-17-9-7-16-3-2-11-28-23(16)29-17/h1,4-5,7,9,15,18,21H,2-3,6,8,10-14H2,(H,28,29)(H,30,31)(H,32,33)/t15?,18?,21-/m0/s1. The van der Waals surface area contributed by atoms with E-state index in [1.807, 2.05) is 0 Å². The van der Waals surface area contributed by atoms with Crippen molar-refractivity contribution in [3.8, 4) is 0 Å². The summed E-state index contributed by atoms with van der Waals surface area (Å²) in [6, 6.07) is 7.14. The first-order valence-corrected chi connectivity index (χ1v) is 12.1. The van der Waals surface area contributed by atoms with Gasteiger partial charge in [-0.1, -0.05) is 23.7 Å². The van der Waals surface area contributed by atoms with E-state index in [1.54, 1.807) is 0 Å². The molecule has 1 aromatic carbocycles. The van der Waals surface area contributed by atoms with Gasteiger partial charge in [0, 0.05) is 25.3 Å². The molecule has 2 aromatic rings. The van der Waals surface area contributed by atoms with Gasteiger partial charge in [0.1, 0.15) is 11.9 Å². The Morgan fingerprint density at radius 1 is 1.29 bits per heavy atom. The number of carboxylic acid groups (broad SMARTS) is 1. The molecular weight excluding hydrogens is 461 g/mol. The lowest BCUT2D eigenvalue weighted by molar-refractivity contribution is -0.140. The molecular formula is C25H29ClFN3O4. The molecule has 0 spiro atoms. The zero-order valence-corrected chi connectivity index (χ0v) is 19.6. The quantitative estimate of drug-likeness (QED) is 0.461. The Balaban J connectivity index is 1.16. The zero-order valence-electron chi connectivity index (χ0n) is 18.9. The van der Waals surface area contributed by atoms with Gasteiger partial charge in [-0.3, -0.25) is 4.79 Å². The van der Waals surface area contributed by atoms with Crippen LogP contribution in [0, 0.1) is 11.7 Å². The monoisotopic (exact) mass is 489 g/mol. The predicted octanol–water partition coefficient (Wildman–Crippen LogP) is 4.23. The zero-order chi connectivity index (χ0) is 24.1. The van der Waals surface area contributed by atoms with E-state index >= 15 is 0 Å². The minimum Gasteiger partial charge on any atom is -0.480 e. The minimum absolute atomic E-state index is 0.0937. The number of nitrogens with zero attached hydrogens (tertiary/aromatic N) is 1. The number of amides is 1. The lowest BCUT2D eigenvalue weighted by Crippen LogP contribution is -2.42. The van der Waals surface area contributed by atoms with E-state index in [-0.39, 0.29) is 29.7 Å². The lowest BCUT2D eigenvalue weighted by Gasteiger charge is -2.35. The number of hydrogen-bond donors (Lipinski definition) is 3. The number of halogens is 2. The summed E-state index contributed by atoms with van der Waals surface area (Å²) in [6.07, 6.45) is 6.26. The first-order chi connectivity index (χ1) is 16.4. The number of aromatic nitrogens is 1. The molecule has 1 fully saturated rings. The highest BCUT2D eigenvalue weighted by molar-refractivity contribution is 6.31. The minimum atomic E-state index is -1.20. The van der Waals surface area contributed by atoms with Crippen LogP contribution in [0.4, 0.5) is 10.2 Å². The number of nitrogens with one attached hydrogen (secondary N) is 2. The number of anilines is 1. The van der Waals surface area contributed by atoms with E-state index in [9.17, 15) is 19.1 Å². The van der Waals surface area contributed by atoms with Crippen molar-refractivity contribution in [3.05, 3.63) is 58.0 Å². The molecule has 1 aliphatic heterocycles. The Labute approximate surface area is 203 Å². The number of benzene rings is 1. The Bertz CT molecular complexity index is 1040. The van der Waals surface area contributed by atoms with E-state index in [1.165, 1.54) is 23.8 Å². The van der Waals surface area contributed by atoms with Crippen LogP contribution in [0.15, 0.2) is 30.3 Å². The van der Waals surface area contributed by atoms with E-state index in [0.717, 1.165) is 56.6 Å². The fourth-order valence-corrected chi connectivity index (χ4v) is 4.61. The predicted molar refractivity (Wildman–Crippen MR) is 127 cm³/mol. The highest BCUT2D eigenvalue weighted by atomic mass is 35.5. The molecule has 0 bridgehead atoms. The maximum Gasteiger partial charge on any atom is 0.326 e. The molecule has 3 N–H and O–H groups in total. The van der Waals surface area contributed by atoms with Crippen LogP contribution in [0.1, 0.15) is 53.7 Å². The first kappa shape index (κ1) is 24.4. The number of hydrogen-bond acceptors (Lipinski definition) is 5. The van der Waals surface area contributed by atoms with Gasteiger partial charge in [0.05, 0.1) is 16.7 Å². The van der Waals surface area contributed by atoms with E-state index in [2.05, 4.69) is 22.8 Å². The maximum absolute atomic E-state index is 14.0. The number of carbonyl (C=O) groups is 2. The molecule has 1 amide bonds. The summed E-state index contributed by atoms with van der Waals surface area (Å²) < 4.78 is 19.8. The van der Waals surface area contributed by atoms with Crippen molar-refractivity contribution in [1.29, 1.82) is 0 Å². The Kier molecular flexibility index (Phi) is 8.00. The largest absolute Gasteiger partial charge is 0.480 e. The summed E-state index contributed by atoms with van der Waals surface area (Å²) in [4.78, 5) is 28.6. The number of pyridine rings is 1. The van der Waals surface area contributed by atoms with Gasteiger partial charge in [-0.2, -0.15) is 0 Å². The Morgan fingerprint density at radius 3 is 2.91 bits per heavy atom. The molecule has 2 aliphatic rings. The van der Waals surface area contributed by atoms with Crippen LogP contribution in [-0.2, 0) is 22.4 Å². The summed E-state index contributed by atoms with van der Waals surface area (Å²) in [7, 11) is 0. The topological polar surface area (TPSA) is 101 Å². The van der Waals surface area contributed by atoms with Gasteiger partial charge in [0.2, 0.25) is 0 Å². The van der Waals surface area contributed by atoms with Crippen molar-refractivity contribution in [2.75, 3.05) is 18.5 Å². The average molecular weight is 490 g/mol. The van der Waals surface area contributed by atoms with Crippen molar-refractivity contribution in [3.63, 3.8) is 0 Å². The molecule has 2 heterocycles. The molecule has 1 aliphatic carbocycles. The summed E-state index contributed by atoms with van der Waals surface area (Å²) in [5.74, 6) is -1.29. The Morgan fingerprint density at radius 2 is 2.12 bits per heavy atom. The summed E-state index contributed by atoms with van der Waals surface area (Å²) in [5.41, 5.74) is 2.11. The molecule has 1 saturated carbocycles. The van der Waals surface area contributed by atoms with Crippen LogP contribution >= 0.6 is 11.6 Å². The number of aliphatic carboxylic acids is 1. The van der Waals surface area contributed by atoms with Crippen LogP contribution in [0.2, 0.25) is 5.02 Å². The highest BCUT2D eigenvalue weighted by Gasteiger charge is 2.30. The van der Waals surface area contributed by atoms with Gasteiger partial charge in [0.15, 0.2) is 5.82 Å². The summed E-state index contributed by atoms with van der Waals surface area (Å²) in [5, 5.41) is 14.9. The van der Waals surface area contributed by atoms with Crippen molar-refractivity contribution >= 4 is 29.3 Å². The van der Waals surface area contributed by atoms with Gasteiger partial charge < -0.3 is 20.5 Å². The van der Waals surface area contributed by atoms with Crippen molar-refractivity contribution in [2.24, 2.45) is 5.92 Å². The molecule has 4 rings (SSSR count). The van der Waals surface area contributed by atoms with Gasteiger partial charge >= 0.3 is 5.97 Å². The van der Waals surface area contributed by atoms with Crippen LogP contribution in [-0.4, -0.2) is 47.3 Å². The first-order valence-electron chi connectivity index (χ1n) is 11.7. The number of rotatable bonds is 10. The van der Waals surface area contributed by atoms with E-state index < -0.39 is 23.7 Å². The third-order valence-corrected chi connectivity index (χ3v) is 6.80. The second kappa shape index (κ2) is 11.1. The van der Waals surface area contributed by atoms with Gasteiger partial charge in [-0.15, -0.1) is 0 Å². The fourth-order valence-electron chi connectivity index (χ4n) is 4.43. The maximum atomic E-state index is 14.0. The highest BCUT2D eigenvalue weighted by Crippen LogP contribution is 2.34. The number of carbonyl (C=O) groups excluding carboxylic acids is 1. The van der Waals surface area contributed by atoms with Gasteiger partial charge in [0.25, 0.3) is 5.91 Å². The third-order valence-electron chi connectivity index (χ3n) is 6.51. The third kappa shape index (κ3) is 6.04. The van der Waals surface area contributed by atoms with Crippen LogP contribution in [0.3, 0.4) is 0 Å². The van der Waals surface area contributed by atoms with Gasteiger partial charge in [-0.05, 0) is 68.2 Å². The number of carboxylic acids is 1. The van der Waals surface area contributed by atoms with Crippen molar-refractivity contribution in [2.45, 2.75) is 57.1 Å². The molecule has 0 radical (unpaired) electrons. The summed E-state index contributed by atoms with van der Waals surface area (Å²) >= 11 is 5.70. The normalized spacial score (nSPS) is 19.9. The summed E-state index contributed by atoms with van der Waals surface area (Å²) in [6.45, 7) is 1.18. The molecule has 0 saturated heterocycles. The molecule has 1 aromatic heterocycles. The van der Waals surface area contributed by atoms with Crippen LogP contribution < -0.4 is 10.6 Å². The molecule has 9 heteroatoms. The molecule has 0 unspecified atom stereocenters. The second-order valence-electron chi connectivity index (χ2n) is 8.96. The lowest BCUT2D eigenvalue weighted by atomic mass is 9.79. The van der Waals surface area contributed by atoms with E-state index in [4.69, 9.17) is 21.3 Å². The van der Waals surface area contributed by atoms with Gasteiger partial charge in [-0.25, -0.2) is 14.2 Å². The molecule has 7 nitrogen and oxygen atoms in total. The molecule has 34 heavy (non-hydrogen) atoms. The van der Waals surface area contributed by atoms with E-state index in [0.29, 0.717) is 5.92 Å². The average Bonchev–Trinajstić information content (AvgIpc) is 2.80. The molecule has 1 atom stereocenters. The number of fused-ring (bicyclic) bond motifs is 1. The molecule has 182 valence electrons. The fraction of sp³-hybridized carbons (Fsp3) is 0.480. The van der Waals surface area contributed by atoms with Crippen LogP contribution in [0.5, 0.6) is 0 Å². The smallest absolute Gasteiger partial charge is 0.326 e. The number of aryl methyl sites for hydroxylation is 2. The van der Waals surface area contributed by atoms with Crippen molar-refractivity contribution in [1.82, 2.24) is 10.3 Å². The number of ether oxygens (including phenoxy) is 1.